The van der Waals surface area contributed by atoms with Crippen molar-refractivity contribution in [2.75, 3.05) is 19.6 Å². The van der Waals surface area contributed by atoms with Crippen LogP contribution in [0, 0.1) is 5.92 Å². The molecule has 3 unspecified atom stereocenters. The maximum atomic E-state index is 12.6. The quantitative estimate of drug-likeness (QED) is 0.836. The molecule has 0 bridgehead atoms. The van der Waals surface area contributed by atoms with Gasteiger partial charge >= 0.3 is 0 Å². The van der Waals surface area contributed by atoms with Gasteiger partial charge in [0.25, 0.3) is 0 Å². The van der Waals surface area contributed by atoms with Crippen molar-refractivity contribution in [1.29, 1.82) is 0 Å². The molecule has 0 aromatic carbocycles. The molecule has 0 saturated carbocycles. The summed E-state index contributed by atoms with van der Waals surface area (Å²) >= 11 is 0. The molecule has 1 N–H and O–H groups in total. The molecule has 5 nitrogen and oxygen atoms in total. The van der Waals surface area contributed by atoms with Gasteiger partial charge in [-0.1, -0.05) is 0 Å². The van der Waals surface area contributed by atoms with Gasteiger partial charge in [0.2, 0.25) is 5.91 Å². The molecule has 3 rings (SSSR count). The second-order valence-corrected chi connectivity index (χ2v) is 5.32. The monoisotopic (exact) mass is 248 g/mol. The molecule has 2 fully saturated rings. The van der Waals surface area contributed by atoms with Gasteiger partial charge in [-0.05, 0) is 31.7 Å². The van der Waals surface area contributed by atoms with Crippen LogP contribution in [0.4, 0.5) is 0 Å². The zero-order chi connectivity index (χ0) is 12.5. The third-order valence-electron chi connectivity index (χ3n) is 4.24. The zero-order valence-corrected chi connectivity index (χ0v) is 10.7. The lowest BCUT2D eigenvalue weighted by atomic mass is 9.91. The first-order chi connectivity index (χ1) is 8.77. The van der Waals surface area contributed by atoms with E-state index >= 15 is 0 Å². The molecule has 3 atom stereocenters. The highest BCUT2D eigenvalue weighted by molar-refractivity contribution is 5.80. The Hall–Kier alpha value is -1.36. The van der Waals surface area contributed by atoms with Gasteiger partial charge in [0.1, 0.15) is 6.04 Å². The third kappa shape index (κ3) is 1.92. The summed E-state index contributed by atoms with van der Waals surface area (Å²) in [6.07, 6.45) is 5.95. The number of carbonyl (C=O) groups is 1. The second-order valence-electron chi connectivity index (χ2n) is 5.32. The molecular formula is C13H20N4O. The van der Waals surface area contributed by atoms with Crippen LogP contribution in [0.1, 0.15) is 25.8 Å². The van der Waals surface area contributed by atoms with Crippen LogP contribution in [-0.4, -0.2) is 46.3 Å². The number of aromatic nitrogens is 2. The molecule has 1 aromatic rings. The number of nitrogens with one attached hydrogen (secondary N) is 1. The van der Waals surface area contributed by atoms with Gasteiger partial charge in [-0.2, -0.15) is 5.10 Å². The number of carbonyl (C=O) groups excluding carboxylic acids is 1. The topological polar surface area (TPSA) is 50.2 Å². The van der Waals surface area contributed by atoms with E-state index < -0.39 is 0 Å². The Morgan fingerprint density at radius 1 is 1.50 bits per heavy atom. The van der Waals surface area contributed by atoms with Crippen LogP contribution >= 0.6 is 0 Å². The van der Waals surface area contributed by atoms with E-state index in [1.807, 2.05) is 19.2 Å². The molecular weight excluding hydrogens is 228 g/mol. The summed E-state index contributed by atoms with van der Waals surface area (Å²) in [5, 5.41) is 7.58. The lowest BCUT2D eigenvalue weighted by Gasteiger charge is -2.38. The fourth-order valence-corrected chi connectivity index (χ4v) is 3.20. The number of nitrogens with zero attached hydrogens (tertiary/aromatic N) is 3. The summed E-state index contributed by atoms with van der Waals surface area (Å²) in [7, 11) is 0. The first-order valence-electron chi connectivity index (χ1n) is 6.77. The summed E-state index contributed by atoms with van der Waals surface area (Å²) in [6, 6.07) is 2.06. The van der Waals surface area contributed by atoms with Gasteiger partial charge in [-0.15, -0.1) is 0 Å². The van der Waals surface area contributed by atoms with Crippen LogP contribution in [0.2, 0.25) is 0 Å². The summed E-state index contributed by atoms with van der Waals surface area (Å²) in [6.45, 7) is 4.83. The minimum atomic E-state index is -0.195. The van der Waals surface area contributed by atoms with E-state index in [2.05, 4.69) is 15.3 Å². The van der Waals surface area contributed by atoms with Crippen LogP contribution < -0.4 is 5.32 Å². The number of hydrogen-bond donors (Lipinski definition) is 1. The molecule has 2 saturated heterocycles. The third-order valence-corrected chi connectivity index (χ3v) is 4.24. The van der Waals surface area contributed by atoms with Crippen molar-refractivity contribution in [3.8, 4) is 0 Å². The zero-order valence-electron chi connectivity index (χ0n) is 10.7. The fraction of sp³-hybridized carbons (Fsp3) is 0.692. The van der Waals surface area contributed by atoms with E-state index in [1.54, 1.807) is 10.9 Å². The molecule has 98 valence electrons. The van der Waals surface area contributed by atoms with Crippen LogP contribution in [-0.2, 0) is 4.79 Å². The maximum Gasteiger partial charge on any atom is 0.247 e. The van der Waals surface area contributed by atoms with Gasteiger partial charge in [0.15, 0.2) is 0 Å². The number of rotatable bonds is 2. The van der Waals surface area contributed by atoms with Crippen molar-refractivity contribution < 1.29 is 4.79 Å². The van der Waals surface area contributed by atoms with Crippen molar-refractivity contribution in [2.24, 2.45) is 5.92 Å². The van der Waals surface area contributed by atoms with Crippen LogP contribution in [0.3, 0.4) is 0 Å². The van der Waals surface area contributed by atoms with E-state index in [9.17, 15) is 4.79 Å². The molecule has 2 aliphatic rings. The average Bonchev–Trinajstić information content (AvgIpc) is 3.06. The molecule has 2 aliphatic heterocycles. The first-order valence-corrected chi connectivity index (χ1v) is 6.77. The maximum absolute atomic E-state index is 12.6. The van der Waals surface area contributed by atoms with Crippen molar-refractivity contribution in [3.05, 3.63) is 18.5 Å². The standard InChI is InChI=1S/C13H20N4O/c1-10(17-7-3-5-15-17)13(18)16-6-2-4-11-8-14-9-12(11)16/h3,5,7,10-12,14H,2,4,6,8-9H2,1H3. The Morgan fingerprint density at radius 2 is 2.39 bits per heavy atom. The Kier molecular flexibility index (Phi) is 3.07. The summed E-state index contributed by atoms with van der Waals surface area (Å²) in [5.41, 5.74) is 0. The molecule has 3 heterocycles. The Balaban J connectivity index is 1.75. The number of amides is 1. The Morgan fingerprint density at radius 3 is 3.17 bits per heavy atom. The number of hydrogen-bond acceptors (Lipinski definition) is 3. The Bertz CT molecular complexity index is 417. The largest absolute Gasteiger partial charge is 0.336 e. The molecule has 0 radical (unpaired) electrons. The molecule has 0 aliphatic carbocycles. The van der Waals surface area contributed by atoms with Gasteiger partial charge in [-0.25, -0.2) is 0 Å². The predicted molar refractivity (Wildman–Crippen MR) is 68.0 cm³/mol. The number of piperidine rings is 1. The van der Waals surface area contributed by atoms with Crippen LogP contribution in [0.25, 0.3) is 0 Å². The van der Waals surface area contributed by atoms with E-state index in [0.29, 0.717) is 12.0 Å². The summed E-state index contributed by atoms with van der Waals surface area (Å²) < 4.78 is 1.74. The van der Waals surface area contributed by atoms with Gasteiger partial charge in [0.05, 0.1) is 0 Å². The number of fused-ring (bicyclic) bond motifs is 1. The normalized spacial score (nSPS) is 29.1. The van der Waals surface area contributed by atoms with Crippen molar-refractivity contribution in [3.63, 3.8) is 0 Å². The molecule has 0 spiro atoms. The van der Waals surface area contributed by atoms with E-state index in [4.69, 9.17) is 0 Å². The highest BCUT2D eigenvalue weighted by Crippen LogP contribution is 2.28. The summed E-state index contributed by atoms with van der Waals surface area (Å²) in [4.78, 5) is 14.6. The molecule has 5 heteroatoms. The smallest absolute Gasteiger partial charge is 0.247 e. The van der Waals surface area contributed by atoms with E-state index in [-0.39, 0.29) is 11.9 Å². The number of likely N-dealkylation sites (tertiary alicyclic amines) is 1. The lowest BCUT2D eigenvalue weighted by Crippen LogP contribution is -2.50. The van der Waals surface area contributed by atoms with Gasteiger partial charge < -0.3 is 10.2 Å². The highest BCUT2D eigenvalue weighted by Gasteiger charge is 2.38. The molecule has 1 amide bonds. The van der Waals surface area contributed by atoms with Gasteiger partial charge in [-0.3, -0.25) is 9.48 Å². The molecule has 18 heavy (non-hydrogen) atoms. The molecule has 1 aromatic heterocycles. The minimum absolute atomic E-state index is 0.195. The lowest BCUT2D eigenvalue weighted by molar-refractivity contribution is -0.138. The van der Waals surface area contributed by atoms with E-state index in [0.717, 1.165) is 26.1 Å². The van der Waals surface area contributed by atoms with Crippen molar-refractivity contribution in [2.45, 2.75) is 31.8 Å². The van der Waals surface area contributed by atoms with Crippen LogP contribution in [0.5, 0.6) is 0 Å². The van der Waals surface area contributed by atoms with Gasteiger partial charge in [0, 0.05) is 38.1 Å². The minimum Gasteiger partial charge on any atom is -0.336 e. The fourth-order valence-electron chi connectivity index (χ4n) is 3.20. The predicted octanol–water partition coefficient (Wildman–Crippen LogP) is 0.654. The Labute approximate surface area is 107 Å². The van der Waals surface area contributed by atoms with Crippen molar-refractivity contribution in [1.82, 2.24) is 20.0 Å². The first kappa shape index (κ1) is 11.7. The van der Waals surface area contributed by atoms with Crippen molar-refractivity contribution >= 4 is 5.91 Å². The second kappa shape index (κ2) is 4.72. The SMILES string of the molecule is CC(C(=O)N1CCCC2CNCC21)n1cccn1. The van der Waals surface area contributed by atoms with Crippen LogP contribution in [0.15, 0.2) is 18.5 Å². The van der Waals surface area contributed by atoms with E-state index in [1.165, 1.54) is 6.42 Å². The average molecular weight is 248 g/mol. The summed E-state index contributed by atoms with van der Waals surface area (Å²) in [5.74, 6) is 0.852. The highest BCUT2D eigenvalue weighted by atomic mass is 16.2.